The summed E-state index contributed by atoms with van der Waals surface area (Å²) in [5, 5.41) is 20.8. The highest BCUT2D eigenvalue weighted by atomic mass is 16.3. The quantitative estimate of drug-likeness (QED) is 0.345. The Balaban J connectivity index is 2.48. The van der Waals surface area contributed by atoms with Crippen molar-refractivity contribution in [3.8, 4) is 0 Å². The summed E-state index contributed by atoms with van der Waals surface area (Å²) in [6.45, 7) is 8.76. The molecule has 0 heterocycles. The van der Waals surface area contributed by atoms with Crippen molar-refractivity contribution in [1.29, 1.82) is 0 Å². The molecule has 0 amide bonds. The van der Waals surface area contributed by atoms with Crippen molar-refractivity contribution in [2.24, 2.45) is 17.3 Å². The van der Waals surface area contributed by atoms with Crippen molar-refractivity contribution in [3.05, 3.63) is 12.2 Å². The highest BCUT2D eigenvalue weighted by Crippen LogP contribution is 2.37. The number of allylic oxidation sites excluding steroid dienone is 1. The highest BCUT2D eigenvalue weighted by molar-refractivity contribution is 5.03. The molecule has 1 fully saturated rings. The minimum atomic E-state index is -0.382. The second kappa shape index (κ2) is 11.3. The summed E-state index contributed by atoms with van der Waals surface area (Å²) in [5.74, 6) is 0.844. The Kier molecular flexibility index (Phi) is 10.2. The van der Waals surface area contributed by atoms with Crippen LogP contribution in [0, 0.1) is 17.3 Å². The van der Waals surface area contributed by atoms with Gasteiger partial charge in [-0.05, 0) is 42.9 Å². The second-order valence-corrected chi connectivity index (χ2v) is 8.60. The lowest BCUT2D eigenvalue weighted by molar-refractivity contribution is 0.0803. The van der Waals surface area contributed by atoms with Crippen LogP contribution in [-0.2, 0) is 0 Å². The molecular weight excluding hydrogens is 296 g/mol. The standard InChI is InChI=1S/C22H42O2/c1-5-7-9-10-11-12-19-18(13-15-20(19)23)14-16-21(24)22(3,4)17-8-6-2/h14,16,18-21,23-24H,5-13,15,17H2,1-4H3/t18-,19-,20+,21?/m1/s1. The predicted octanol–water partition coefficient (Wildman–Crippen LogP) is 5.87. The smallest absolute Gasteiger partial charge is 0.0771 e. The number of aliphatic hydroxyl groups excluding tert-OH is 2. The first kappa shape index (κ1) is 21.7. The monoisotopic (exact) mass is 338 g/mol. The zero-order valence-corrected chi connectivity index (χ0v) is 16.6. The van der Waals surface area contributed by atoms with Crippen molar-refractivity contribution in [2.45, 2.75) is 111 Å². The van der Waals surface area contributed by atoms with E-state index in [1.54, 1.807) is 0 Å². The van der Waals surface area contributed by atoms with E-state index in [1.165, 1.54) is 44.9 Å². The molecule has 1 aliphatic carbocycles. The van der Waals surface area contributed by atoms with Gasteiger partial charge in [0.1, 0.15) is 0 Å². The van der Waals surface area contributed by atoms with Gasteiger partial charge in [-0.2, -0.15) is 0 Å². The van der Waals surface area contributed by atoms with Gasteiger partial charge < -0.3 is 10.2 Å². The number of hydrogen-bond donors (Lipinski definition) is 2. The van der Waals surface area contributed by atoms with Gasteiger partial charge >= 0.3 is 0 Å². The van der Waals surface area contributed by atoms with Gasteiger partial charge in [-0.15, -0.1) is 0 Å². The van der Waals surface area contributed by atoms with Gasteiger partial charge in [0, 0.05) is 0 Å². The van der Waals surface area contributed by atoms with E-state index in [-0.39, 0.29) is 17.6 Å². The zero-order valence-electron chi connectivity index (χ0n) is 16.6. The molecule has 0 aromatic heterocycles. The normalized spacial score (nSPS) is 26.3. The van der Waals surface area contributed by atoms with E-state index >= 15 is 0 Å². The molecule has 0 aromatic rings. The fraction of sp³-hybridized carbons (Fsp3) is 0.909. The van der Waals surface area contributed by atoms with Gasteiger partial charge in [-0.3, -0.25) is 0 Å². The van der Waals surface area contributed by atoms with Crippen molar-refractivity contribution in [3.63, 3.8) is 0 Å². The van der Waals surface area contributed by atoms with Crippen LogP contribution in [0.2, 0.25) is 0 Å². The summed E-state index contributed by atoms with van der Waals surface area (Å²) in [6.07, 6.45) is 16.7. The maximum Gasteiger partial charge on any atom is 0.0771 e. The third-order valence-corrected chi connectivity index (χ3v) is 6.00. The Morgan fingerprint density at radius 3 is 2.33 bits per heavy atom. The van der Waals surface area contributed by atoms with Crippen molar-refractivity contribution >= 4 is 0 Å². The molecule has 0 aromatic carbocycles. The molecule has 142 valence electrons. The van der Waals surface area contributed by atoms with E-state index in [9.17, 15) is 10.2 Å². The molecule has 0 spiro atoms. The molecule has 2 nitrogen and oxygen atoms in total. The van der Waals surface area contributed by atoms with Crippen molar-refractivity contribution < 1.29 is 10.2 Å². The maximum atomic E-state index is 10.5. The summed E-state index contributed by atoms with van der Waals surface area (Å²) < 4.78 is 0. The molecule has 1 unspecified atom stereocenters. The van der Waals surface area contributed by atoms with E-state index in [0.717, 1.165) is 25.7 Å². The first-order chi connectivity index (χ1) is 11.4. The summed E-state index contributed by atoms with van der Waals surface area (Å²) in [5.41, 5.74) is -0.0562. The van der Waals surface area contributed by atoms with Crippen LogP contribution in [0.4, 0.5) is 0 Å². The van der Waals surface area contributed by atoms with E-state index < -0.39 is 0 Å². The zero-order chi connectivity index (χ0) is 18.0. The van der Waals surface area contributed by atoms with Crippen LogP contribution in [0.3, 0.4) is 0 Å². The molecule has 0 saturated heterocycles. The largest absolute Gasteiger partial charge is 0.393 e. The van der Waals surface area contributed by atoms with Crippen LogP contribution in [-0.4, -0.2) is 22.4 Å². The molecule has 1 aliphatic rings. The summed E-state index contributed by atoms with van der Waals surface area (Å²) >= 11 is 0. The van der Waals surface area contributed by atoms with Crippen LogP contribution in [0.5, 0.6) is 0 Å². The molecule has 2 N–H and O–H groups in total. The summed E-state index contributed by atoms with van der Waals surface area (Å²) in [6, 6.07) is 0. The lowest BCUT2D eigenvalue weighted by Gasteiger charge is -2.29. The average molecular weight is 339 g/mol. The molecule has 1 saturated carbocycles. The Labute approximate surface area is 150 Å². The number of rotatable bonds is 12. The van der Waals surface area contributed by atoms with E-state index in [0.29, 0.717) is 11.8 Å². The minimum absolute atomic E-state index is 0.0562. The predicted molar refractivity (Wildman–Crippen MR) is 104 cm³/mol. The molecule has 2 heteroatoms. The van der Waals surface area contributed by atoms with Crippen LogP contribution in [0.1, 0.15) is 98.3 Å². The van der Waals surface area contributed by atoms with E-state index in [4.69, 9.17) is 0 Å². The van der Waals surface area contributed by atoms with Gasteiger partial charge in [-0.25, -0.2) is 0 Å². The number of unbranched alkanes of at least 4 members (excludes halogenated alkanes) is 5. The Morgan fingerprint density at radius 2 is 1.67 bits per heavy atom. The van der Waals surface area contributed by atoms with Gasteiger partial charge in [0.2, 0.25) is 0 Å². The average Bonchev–Trinajstić information content (AvgIpc) is 2.90. The summed E-state index contributed by atoms with van der Waals surface area (Å²) in [4.78, 5) is 0. The maximum absolute atomic E-state index is 10.5. The second-order valence-electron chi connectivity index (χ2n) is 8.60. The van der Waals surface area contributed by atoms with Crippen molar-refractivity contribution in [1.82, 2.24) is 0 Å². The third kappa shape index (κ3) is 7.27. The van der Waals surface area contributed by atoms with Gasteiger partial charge in [0.15, 0.2) is 0 Å². The Bertz CT molecular complexity index is 348. The molecule has 4 atom stereocenters. The fourth-order valence-corrected chi connectivity index (χ4v) is 3.99. The minimum Gasteiger partial charge on any atom is -0.393 e. The molecule has 24 heavy (non-hydrogen) atoms. The van der Waals surface area contributed by atoms with Crippen LogP contribution in [0.25, 0.3) is 0 Å². The third-order valence-electron chi connectivity index (χ3n) is 6.00. The highest BCUT2D eigenvalue weighted by Gasteiger charge is 2.33. The van der Waals surface area contributed by atoms with Gasteiger partial charge in [0.05, 0.1) is 12.2 Å². The van der Waals surface area contributed by atoms with Crippen LogP contribution < -0.4 is 0 Å². The molecule has 1 rings (SSSR count). The van der Waals surface area contributed by atoms with Crippen LogP contribution in [0.15, 0.2) is 12.2 Å². The number of hydrogen-bond acceptors (Lipinski definition) is 2. The topological polar surface area (TPSA) is 40.5 Å². The van der Waals surface area contributed by atoms with Gasteiger partial charge in [-0.1, -0.05) is 84.8 Å². The van der Waals surface area contributed by atoms with E-state index in [1.807, 2.05) is 6.08 Å². The SMILES string of the molecule is CCCCCCC[C@H]1[C@@H](O)CC[C@@H]1C=CC(O)C(C)(C)CCCC. The fourth-order valence-electron chi connectivity index (χ4n) is 3.99. The Hall–Kier alpha value is -0.340. The summed E-state index contributed by atoms with van der Waals surface area (Å²) in [7, 11) is 0. The first-order valence-electron chi connectivity index (χ1n) is 10.5. The number of aliphatic hydroxyl groups is 2. The first-order valence-corrected chi connectivity index (χ1v) is 10.5. The van der Waals surface area contributed by atoms with E-state index in [2.05, 4.69) is 33.8 Å². The Morgan fingerprint density at radius 1 is 1.00 bits per heavy atom. The molecule has 0 bridgehead atoms. The lowest BCUT2D eigenvalue weighted by atomic mass is 9.80. The van der Waals surface area contributed by atoms with Crippen LogP contribution >= 0.6 is 0 Å². The van der Waals surface area contributed by atoms with Gasteiger partial charge in [0.25, 0.3) is 0 Å². The van der Waals surface area contributed by atoms with Crippen molar-refractivity contribution in [2.75, 3.05) is 0 Å². The molecule has 0 radical (unpaired) electrons. The lowest BCUT2D eigenvalue weighted by Crippen LogP contribution is -2.27. The molecular formula is C22H42O2. The molecule has 0 aliphatic heterocycles.